The third-order valence-corrected chi connectivity index (χ3v) is 4.20. The largest absolute Gasteiger partial charge is 0.493 e. The molecule has 2 N–H and O–H groups in total. The van der Waals surface area contributed by atoms with E-state index in [4.69, 9.17) is 10.5 Å². The minimum absolute atomic E-state index is 0.215. The van der Waals surface area contributed by atoms with E-state index < -0.39 is 0 Å². The van der Waals surface area contributed by atoms with Gasteiger partial charge in [0.15, 0.2) is 0 Å². The molecule has 2 aromatic rings. The van der Waals surface area contributed by atoms with E-state index in [9.17, 15) is 4.79 Å². The van der Waals surface area contributed by atoms with Crippen LogP contribution in [0.1, 0.15) is 51.9 Å². The van der Waals surface area contributed by atoms with Crippen LogP contribution in [-0.2, 0) is 4.79 Å². The second kappa shape index (κ2) is 11.9. The van der Waals surface area contributed by atoms with Crippen LogP contribution in [0.5, 0.6) is 5.75 Å². The number of nitrogens with two attached hydrogens (primary N) is 1. The average Bonchev–Trinajstić information content (AvgIpc) is 2.69. The first-order chi connectivity index (χ1) is 13.2. The van der Waals surface area contributed by atoms with Crippen LogP contribution in [0.3, 0.4) is 0 Å². The van der Waals surface area contributed by atoms with Gasteiger partial charge in [0.25, 0.3) is 0 Å². The van der Waals surface area contributed by atoms with Crippen molar-refractivity contribution in [2.24, 2.45) is 5.73 Å². The molecule has 0 aliphatic carbocycles. The summed E-state index contributed by atoms with van der Waals surface area (Å²) in [5, 5.41) is 0. The molecule has 2 heterocycles. The van der Waals surface area contributed by atoms with Crippen molar-refractivity contribution in [2.45, 2.75) is 51.9 Å². The summed E-state index contributed by atoms with van der Waals surface area (Å²) in [6, 6.07) is 9.74. The number of hydrogen-bond donors (Lipinski definition) is 1. The first kappa shape index (κ1) is 20.7. The molecule has 2 rings (SSSR count). The number of ether oxygens (including phenoxy) is 1. The maximum atomic E-state index is 10.8. The van der Waals surface area contributed by atoms with Gasteiger partial charge in [0.1, 0.15) is 17.4 Å². The van der Waals surface area contributed by atoms with E-state index in [1.807, 2.05) is 30.3 Å². The molecule has 0 aliphatic heterocycles. The standard InChI is InChI=1S/C21H30N4O2/c1-2-16-27-18-12-14-24-21(17-18)25(20-11-7-8-13-23-20)15-9-5-3-4-6-10-19(22)26/h7-8,11-14,17H,2-6,9-10,15-16H2,1H3,(H2,22,26). The predicted molar refractivity (Wildman–Crippen MR) is 108 cm³/mol. The average molecular weight is 370 g/mol. The van der Waals surface area contributed by atoms with Gasteiger partial charge in [-0.2, -0.15) is 0 Å². The Balaban J connectivity index is 1.95. The number of hydrogen-bond acceptors (Lipinski definition) is 5. The summed E-state index contributed by atoms with van der Waals surface area (Å²) in [6.45, 7) is 3.61. The first-order valence-corrected chi connectivity index (χ1v) is 9.76. The Morgan fingerprint density at radius 2 is 1.81 bits per heavy atom. The molecule has 6 heteroatoms. The molecule has 0 bridgehead atoms. The topological polar surface area (TPSA) is 81.3 Å². The van der Waals surface area contributed by atoms with Gasteiger partial charge < -0.3 is 15.4 Å². The van der Waals surface area contributed by atoms with E-state index in [1.54, 1.807) is 12.4 Å². The van der Waals surface area contributed by atoms with Crippen LogP contribution in [0.15, 0.2) is 42.7 Å². The number of aromatic nitrogens is 2. The number of nitrogens with zero attached hydrogens (tertiary/aromatic N) is 3. The fourth-order valence-corrected chi connectivity index (χ4v) is 2.82. The number of anilines is 2. The van der Waals surface area contributed by atoms with Crippen molar-refractivity contribution in [3.63, 3.8) is 0 Å². The van der Waals surface area contributed by atoms with E-state index in [-0.39, 0.29) is 5.91 Å². The summed E-state index contributed by atoms with van der Waals surface area (Å²) >= 11 is 0. The Morgan fingerprint density at radius 1 is 1.04 bits per heavy atom. The lowest BCUT2D eigenvalue weighted by molar-refractivity contribution is -0.118. The Morgan fingerprint density at radius 3 is 2.56 bits per heavy atom. The zero-order valence-corrected chi connectivity index (χ0v) is 16.1. The van der Waals surface area contributed by atoms with Crippen molar-refractivity contribution in [1.82, 2.24) is 9.97 Å². The second-order valence-corrected chi connectivity index (χ2v) is 6.52. The number of carbonyl (C=O) groups excluding carboxylic acids is 1. The van der Waals surface area contributed by atoms with Crippen molar-refractivity contribution in [3.8, 4) is 5.75 Å². The van der Waals surface area contributed by atoms with Gasteiger partial charge in [-0.15, -0.1) is 0 Å². The van der Waals surface area contributed by atoms with Gasteiger partial charge in [0, 0.05) is 31.4 Å². The summed E-state index contributed by atoms with van der Waals surface area (Å²) < 4.78 is 5.75. The van der Waals surface area contributed by atoms with Gasteiger partial charge in [-0.05, 0) is 37.5 Å². The van der Waals surface area contributed by atoms with Gasteiger partial charge >= 0.3 is 0 Å². The quantitative estimate of drug-likeness (QED) is 0.534. The van der Waals surface area contributed by atoms with Gasteiger partial charge in [-0.3, -0.25) is 4.79 Å². The molecule has 1 amide bonds. The highest BCUT2D eigenvalue weighted by molar-refractivity contribution is 5.73. The van der Waals surface area contributed by atoms with E-state index in [0.717, 1.165) is 62.5 Å². The van der Waals surface area contributed by atoms with Crippen molar-refractivity contribution in [2.75, 3.05) is 18.1 Å². The highest BCUT2D eigenvalue weighted by atomic mass is 16.5. The predicted octanol–water partition coefficient (Wildman–Crippen LogP) is 4.23. The third kappa shape index (κ3) is 7.64. The lowest BCUT2D eigenvalue weighted by Crippen LogP contribution is -2.20. The smallest absolute Gasteiger partial charge is 0.217 e. The fraction of sp³-hybridized carbons (Fsp3) is 0.476. The molecule has 6 nitrogen and oxygen atoms in total. The number of carbonyl (C=O) groups is 1. The van der Waals surface area contributed by atoms with E-state index >= 15 is 0 Å². The van der Waals surface area contributed by atoms with Crippen LogP contribution in [0, 0.1) is 0 Å². The van der Waals surface area contributed by atoms with Gasteiger partial charge in [0.2, 0.25) is 5.91 Å². The Bertz CT molecular complexity index is 679. The summed E-state index contributed by atoms with van der Waals surface area (Å²) in [6.07, 6.45) is 10.1. The molecule has 0 spiro atoms. The molecule has 2 aromatic heterocycles. The summed E-state index contributed by atoms with van der Waals surface area (Å²) in [5.74, 6) is 2.34. The molecule has 0 atom stereocenters. The van der Waals surface area contributed by atoms with Crippen LogP contribution in [0.2, 0.25) is 0 Å². The monoisotopic (exact) mass is 370 g/mol. The molecule has 0 aliphatic rings. The number of rotatable bonds is 13. The Kier molecular flexibility index (Phi) is 9.10. The van der Waals surface area contributed by atoms with Crippen molar-refractivity contribution >= 4 is 17.5 Å². The van der Waals surface area contributed by atoms with Gasteiger partial charge in [-0.1, -0.05) is 32.3 Å². The van der Waals surface area contributed by atoms with Crippen molar-refractivity contribution < 1.29 is 9.53 Å². The molecular formula is C21H30N4O2. The van der Waals surface area contributed by atoms with Gasteiger partial charge in [-0.25, -0.2) is 9.97 Å². The summed E-state index contributed by atoms with van der Waals surface area (Å²) in [5.41, 5.74) is 5.17. The highest BCUT2D eigenvalue weighted by Gasteiger charge is 2.12. The maximum absolute atomic E-state index is 10.8. The third-order valence-electron chi connectivity index (χ3n) is 4.20. The van der Waals surface area contributed by atoms with Crippen molar-refractivity contribution in [3.05, 3.63) is 42.7 Å². The number of primary amides is 1. The number of unbranched alkanes of at least 4 members (excludes halogenated alkanes) is 4. The van der Waals surface area contributed by atoms with Crippen molar-refractivity contribution in [1.29, 1.82) is 0 Å². The zero-order valence-electron chi connectivity index (χ0n) is 16.1. The van der Waals surface area contributed by atoms with E-state index in [2.05, 4.69) is 21.8 Å². The summed E-state index contributed by atoms with van der Waals surface area (Å²) in [7, 11) is 0. The SMILES string of the molecule is CCCOc1ccnc(N(CCCCCCCC(N)=O)c2ccccn2)c1. The van der Waals surface area contributed by atoms with Crippen LogP contribution < -0.4 is 15.4 Å². The minimum atomic E-state index is -0.215. The lowest BCUT2D eigenvalue weighted by Gasteiger charge is -2.23. The van der Waals surface area contributed by atoms with E-state index in [1.165, 1.54) is 0 Å². The Hall–Kier alpha value is -2.63. The second-order valence-electron chi connectivity index (χ2n) is 6.52. The molecule has 0 saturated heterocycles. The molecule has 146 valence electrons. The van der Waals surface area contributed by atoms with E-state index in [0.29, 0.717) is 13.0 Å². The minimum Gasteiger partial charge on any atom is -0.493 e. The van der Waals surface area contributed by atoms with Crippen LogP contribution in [0.25, 0.3) is 0 Å². The number of pyridine rings is 2. The molecular weight excluding hydrogens is 340 g/mol. The molecule has 27 heavy (non-hydrogen) atoms. The summed E-state index contributed by atoms with van der Waals surface area (Å²) in [4.78, 5) is 21.9. The normalized spacial score (nSPS) is 10.6. The van der Waals surface area contributed by atoms with Crippen LogP contribution in [-0.4, -0.2) is 29.0 Å². The molecule has 0 radical (unpaired) electrons. The fourth-order valence-electron chi connectivity index (χ4n) is 2.82. The zero-order chi connectivity index (χ0) is 19.3. The molecule has 0 saturated carbocycles. The van der Waals surface area contributed by atoms with Gasteiger partial charge in [0.05, 0.1) is 6.61 Å². The maximum Gasteiger partial charge on any atom is 0.217 e. The number of amides is 1. The molecule has 0 fully saturated rings. The van der Waals surface area contributed by atoms with Crippen LogP contribution in [0.4, 0.5) is 11.6 Å². The lowest BCUT2D eigenvalue weighted by atomic mass is 10.1. The highest BCUT2D eigenvalue weighted by Crippen LogP contribution is 2.25. The Labute approximate surface area is 161 Å². The van der Waals surface area contributed by atoms with Crippen LogP contribution >= 0.6 is 0 Å². The molecule has 0 unspecified atom stereocenters. The molecule has 0 aromatic carbocycles. The first-order valence-electron chi connectivity index (χ1n) is 9.76.